The van der Waals surface area contributed by atoms with E-state index in [0.29, 0.717) is 17.9 Å². The highest BCUT2D eigenvalue weighted by atomic mass is 17.2. The Bertz CT molecular complexity index is 307. The lowest BCUT2D eigenvalue weighted by atomic mass is 10.1. The highest BCUT2D eigenvalue weighted by Gasteiger charge is 2.14. The van der Waals surface area contributed by atoms with Gasteiger partial charge >= 0.3 is 0 Å². The zero-order valence-corrected chi connectivity index (χ0v) is 6.45. The van der Waals surface area contributed by atoms with E-state index in [0.717, 1.165) is 18.3 Å². The minimum atomic E-state index is 0.548. The van der Waals surface area contributed by atoms with Gasteiger partial charge in [0.25, 0.3) is 0 Å². The van der Waals surface area contributed by atoms with Crippen molar-refractivity contribution >= 4 is 6.29 Å². The van der Waals surface area contributed by atoms with Crippen molar-refractivity contribution in [1.82, 2.24) is 0 Å². The fourth-order valence-corrected chi connectivity index (χ4v) is 1.25. The van der Waals surface area contributed by atoms with Gasteiger partial charge in [0.05, 0.1) is 12.2 Å². The van der Waals surface area contributed by atoms with Gasteiger partial charge in [-0.05, 0) is 6.07 Å². The van der Waals surface area contributed by atoms with Crippen LogP contribution in [-0.4, -0.2) is 12.9 Å². The quantitative estimate of drug-likeness (QED) is 0.464. The number of hydrogen-bond donors (Lipinski definition) is 0. The maximum absolute atomic E-state index is 10.5. The number of aldehydes is 1. The van der Waals surface area contributed by atoms with Crippen molar-refractivity contribution in [2.75, 3.05) is 6.61 Å². The van der Waals surface area contributed by atoms with Gasteiger partial charge in [0, 0.05) is 12.0 Å². The van der Waals surface area contributed by atoms with Crippen LogP contribution < -0.4 is 4.89 Å². The third-order valence-electron chi connectivity index (χ3n) is 1.85. The summed E-state index contributed by atoms with van der Waals surface area (Å²) in [5.74, 6) is 0.568. The van der Waals surface area contributed by atoms with E-state index in [1.54, 1.807) is 6.07 Å². The van der Waals surface area contributed by atoms with Crippen LogP contribution in [0, 0.1) is 0 Å². The van der Waals surface area contributed by atoms with E-state index in [9.17, 15) is 4.79 Å². The molecule has 1 aliphatic rings. The summed E-state index contributed by atoms with van der Waals surface area (Å²) in [6.07, 6.45) is 1.57. The van der Waals surface area contributed by atoms with Gasteiger partial charge in [-0.15, -0.1) is 0 Å². The number of para-hydroxylation sites is 1. The Hall–Kier alpha value is -1.35. The lowest BCUT2D eigenvalue weighted by Gasteiger charge is -2.16. The zero-order chi connectivity index (χ0) is 8.39. The van der Waals surface area contributed by atoms with Crippen molar-refractivity contribution in [2.45, 2.75) is 6.42 Å². The lowest BCUT2D eigenvalue weighted by Crippen LogP contribution is -2.12. The molecule has 3 heteroatoms. The third kappa shape index (κ3) is 1.08. The van der Waals surface area contributed by atoms with Gasteiger partial charge in [0.1, 0.15) is 0 Å². The van der Waals surface area contributed by atoms with Crippen molar-refractivity contribution in [1.29, 1.82) is 0 Å². The molecular weight excluding hydrogens is 156 g/mol. The van der Waals surface area contributed by atoms with E-state index in [1.807, 2.05) is 12.1 Å². The summed E-state index contributed by atoms with van der Waals surface area (Å²) < 4.78 is 0. The minimum Gasteiger partial charge on any atom is -0.336 e. The first-order valence-corrected chi connectivity index (χ1v) is 3.78. The van der Waals surface area contributed by atoms with Crippen LogP contribution in [0.1, 0.15) is 15.9 Å². The van der Waals surface area contributed by atoms with Crippen LogP contribution in [0.4, 0.5) is 0 Å². The first-order valence-electron chi connectivity index (χ1n) is 3.78. The van der Waals surface area contributed by atoms with Gasteiger partial charge in [-0.3, -0.25) is 4.79 Å². The van der Waals surface area contributed by atoms with Crippen LogP contribution >= 0.6 is 0 Å². The molecule has 0 radical (unpaired) electrons. The molecule has 12 heavy (non-hydrogen) atoms. The van der Waals surface area contributed by atoms with Crippen molar-refractivity contribution in [3.8, 4) is 5.75 Å². The number of hydrogen-bond acceptors (Lipinski definition) is 3. The van der Waals surface area contributed by atoms with Crippen molar-refractivity contribution < 1.29 is 14.6 Å². The lowest BCUT2D eigenvalue weighted by molar-refractivity contribution is -0.215. The Morgan fingerprint density at radius 1 is 1.42 bits per heavy atom. The molecule has 2 rings (SSSR count). The average molecular weight is 164 g/mol. The summed E-state index contributed by atoms with van der Waals surface area (Å²) in [5, 5.41) is 0. The molecule has 0 N–H and O–H groups in total. The van der Waals surface area contributed by atoms with Crippen LogP contribution in [0.2, 0.25) is 0 Å². The highest BCUT2D eigenvalue weighted by molar-refractivity contribution is 5.80. The maximum atomic E-state index is 10.5. The fraction of sp³-hybridized carbons (Fsp3) is 0.222. The maximum Gasteiger partial charge on any atom is 0.179 e. The number of carbonyl (C=O) groups excluding carboxylic acids is 1. The molecule has 1 aliphatic heterocycles. The molecule has 1 heterocycles. The number of rotatable bonds is 1. The van der Waals surface area contributed by atoms with Crippen LogP contribution in [0.5, 0.6) is 5.75 Å². The second kappa shape index (κ2) is 2.95. The second-order valence-electron chi connectivity index (χ2n) is 2.61. The molecule has 0 atom stereocenters. The molecule has 62 valence electrons. The fourth-order valence-electron chi connectivity index (χ4n) is 1.25. The molecule has 0 aromatic heterocycles. The van der Waals surface area contributed by atoms with E-state index in [4.69, 9.17) is 9.78 Å². The van der Waals surface area contributed by atoms with E-state index in [-0.39, 0.29) is 0 Å². The topological polar surface area (TPSA) is 35.5 Å². The standard InChI is InChI=1S/C9H8O3/c10-6-8-3-1-2-7-4-5-11-12-9(7)8/h1-3,6H,4-5H2. The van der Waals surface area contributed by atoms with Crippen LogP contribution in [0.15, 0.2) is 18.2 Å². The molecule has 0 fully saturated rings. The van der Waals surface area contributed by atoms with Gasteiger partial charge in [0.2, 0.25) is 0 Å². The summed E-state index contributed by atoms with van der Waals surface area (Å²) in [7, 11) is 0. The summed E-state index contributed by atoms with van der Waals surface area (Å²) in [4.78, 5) is 20.2. The molecular formula is C9H8O3. The molecule has 0 bridgehead atoms. The first-order chi connectivity index (χ1) is 5.92. The Balaban J connectivity index is 2.51. The van der Waals surface area contributed by atoms with E-state index < -0.39 is 0 Å². The van der Waals surface area contributed by atoms with E-state index in [2.05, 4.69) is 0 Å². The minimum absolute atomic E-state index is 0.548. The molecule has 3 nitrogen and oxygen atoms in total. The SMILES string of the molecule is O=Cc1cccc2c1OOCC2. The molecule has 0 amide bonds. The van der Waals surface area contributed by atoms with Gasteiger partial charge in [-0.25, -0.2) is 0 Å². The number of carbonyl (C=O) groups is 1. The molecule has 0 spiro atoms. The number of benzene rings is 1. The highest BCUT2D eigenvalue weighted by Crippen LogP contribution is 2.26. The van der Waals surface area contributed by atoms with Crippen LogP contribution in [0.3, 0.4) is 0 Å². The van der Waals surface area contributed by atoms with Gasteiger partial charge in [0.15, 0.2) is 12.0 Å². The van der Waals surface area contributed by atoms with E-state index in [1.165, 1.54) is 0 Å². The smallest absolute Gasteiger partial charge is 0.179 e. The Labute approximate surface area is 69.8 Å². The van der Waals surface area contributed by atoms with Crippen LogP contribution in [0.25, 0.3) is 0 Å². The van der Waals surface area contributed by atoms with Crippen molar-refractivity contribution in [3.63, 3.8) is 0 Å². The van der Waals surface area contributed by atoms with Gasteiger partial charge in [-0.1, -0.05) is 12.1 Å². The monoisotopic (exact) mass is 164 g/mol. The largest absolute Gasteiger partial charge is 0.336 e. The molecule has 0 unspecified atom stereocenters. The average Bonchev–Trinajstić information content (AvgIpc) is 2.17. The van der Waals surface area contributed by atoms with Gasteiger partial charge < -0.3 is 4.89 Å². The van der Waals surface area contributed by atoms with E-state index >= 15 is 0 Å². The Kier molecular flexibility index (Phi) is 1.80. The third-order valence-corrected chi connectivity index (χ3v) is 1.85. The molecule has 1 aromatic carbocycles. The summed E-state index contributed by atoms with van der Waals surface area (Å²) in [6.45, 7) is 0.551. The zero-order valence-electron chi connectivity index (χ0n) is 6.45. The summed E-state index contributed by atoms with van der Waals surface area (Å²) >= 11 is 0. The molecule has 0 aliphatic carbocycles. The second-order valence-corrected chi connectivity index (χ2v) is 2.61. The summed E-state index contributed by atoms with van der Waals surface area (Å²) in [5.41, 5.74) is 1.58. The normalized spacial score (nSPS) is 14.7. The first kappa shape index (κ1) is 7.31. The van der Waals surface area contributed by atoms with Crippen molar-refractivity contribution in [3.05, 3.63) is 29.3 Å². The summed E-state index contributed by atoms with van der Waals surface area (Å²) in [6, 6.07) is 5.49. The number of fused-ring (bicyclic) bond motifs is 1. The predicted octanol–water partition coefficient (Wildman–Crippen LogP) is 1.37. The van der Waals surface area contributed by atoms with Gasteiger partial charge in [-0.2, -0.15) is 4.89 Å². The molecule has 0 saturated heterocycles. The molecule has 0 saturated carbocycles. The van der Waals surface area contributed by atoms with Crippen molar-refractivity contribution in [2.24, 2.45) is 0 Å². The van der Waals surface area contributed by atoms with Crippen LogP contribution in [-0.2, 0) is 11.3 Å². The Morgan fingerprint density at radius 2 is 2.33 bits per heavy atom. The predicted molar refractivity (Wildman–Crippen MR) is 42.1 cm³/mol. The molecule has 1 aromatic rings. The Morgan fingerprint density at radius 3 is 3.17 bits per heavy atom.